The second-order valence-electron chi connectivity index (χ2n) is 4.48. The molecule has 2 unspecified atom stereocenters. The molecule has 1 N–H and O–H groups in total. The summed E-state index contributed by atoms with van der Waals surface area (Å²) in [7, 11) is 0. The van der Waals surface area contributed by atoms with Crippen LogP contribution in [-0.4, -0.2) is 11.2 Å². The van der Waals surface area contributed by atoms with Gasteiger partial charge in [0.05, 0.1) is 18.6 Å². The van der Waals surface area contributed by atoms with Crippen LogP contribution in [0.25, 0.3) is 0 Å². The Labute approximate surface area is 102 Å². The van der Waals surface area contributed by atoms with Crippen molar-refractivity contribution >= 4 is 0 Å². The molecule has 0 amide bonds. The summed E-state index contributed by atoms with van der Waals surface area (Å²) >= 11 is 0. The minimum Gasteiger partial charge on any atom is -0.489 e. The van der Waals surface area contributed by atoms with Gasteiger partial charge in [0.1, 0.15) is 11.9 Å². The lowest BCUT2D eigenvalue weighted by molar-refractivity contribution is 0.120. The quantitative estimate of drug-likeness (QED) is 0.870. The molecule has 0 heterocycles. The van der Waals surface area contributed by atoms with Gasteiger partial charge in [-0.15, -0.1) is 0 Å². The third-order valence-corrected chi connectivity index (χ3v) is 3.26. The van der Waals surface area contributed by atoms with Crippen molar-refractivity contribution in [2.24, 2.45) is 5.92 Å². The lowest BCUT2D eigenvalue weighted by atomic mass is 9.87. The zero-order valence-corrected chi connectivity index (χ0v) is 9.80. The van der Waals surface area contributed by atoms with Crippen molar-refractivity contribution in [3.05, 3.63) is 29.8 Å². The Balaban J connectivity index is 2.01. The van der Waals surface area contributed by atoms with Crippen LogP contribution in [-0.2, 0) is 6.61 Å². The minimum atomic E-state index is 0.0151. The Bertz CT molecular complexity index is 394. The van der Waals surface area contributed by atoms with Crippen LogP contribution in [0.1, 0.15) is 31.2 Å². The van der Waals surface area contributed by atoms with Gasteiger partial charge < -0.3 is 9.84 Å². The summed E-state index contributed by atoms with van der Waals surface area (Å²) in [5.74, 6) is 0.801. The van der Waals surface area contributed by atoms with E-state index in [1.807, 2.05) is 24.3 Å². The van der Waals surface area contributed by atoms with Gasteiger partial charge in [-0.1, -0.05) is 18.6 Å². The van der Waals surface area contributed by atoms with Crippen molar-refractivity contribution in [2.75, 3.05) is 0 Å². The number of rotatable bonds is 3. The highest BCUT2D eigenvalue weighted by atomic mass is 16.5. The largest absolute Gasteiger partial charge is 0.489 e. The predicted octanol–water partition coefficient (Wildman–Crippen LogP) is 2.64. The van der Waals surface area contributed by atoms with Gasteiger partial charge in [-0.05, 0) is 37.0 Å². The molecular weight excluding hydrogens is 214 g/mol. The first-order valence-corrected chi connectivity index (χ1v) is 6.09. The van der Waals surface area contributed by atoms with E-state index in [-0.39, 0.29) is 18.6 Å². The summed E-state index contributed by atoms with van der Waals surface area (Å²) < 4.78 is 5.85. The number of hydrogen-bond donors (Lipinski definition) is 1. The van der Waals surface area contributed by atoms with E-state index in [4.69, 9.17) is 15.1 Å². The number of nitriles is 1. The fraction of sp³-hybridized carbons (Fsp3) is 0.500. The van der Waals surface area contributed by atoms with E-state index in [0.29, 0.717) is 0 Å². The van der Waals surface area contributed by atoms with Gasteiger partial charge in [0, 0.05) is 0 Å². The third-order valence-electron chi connectivity index (χ3n) is 3.26. The second kappa shape index (κ2) is 5.70. The van der Waals surface area contributed by atoms with E-state index in [1.54, 1.807) is 0 Å². The van der Waals surface area contributed by atoms with Crippen molar-refractivity contribution in [1.29, 1.82) is 5.26 Å². The Kier molecular flexibility index (Phi) is 4.00. The van der Waals surface area contributed by atoms with Crippen molar-refractivity contribution in [2.45, 2.75) is 38.4 Å². The number of aliphatic hydroxyl groups excluding tert-OH is 1. The molecule has 90 valence electrons. The fourth-order valence-electron chi connectivity index (χ4n) is 2.23. The van der Waals surface area contributed by atoms with Crippen LogP contribution in [0.3, 0.4) is 0 Å². The third kappa shape index (κ3) is 2.98. The molecule has 3 nitrogen and oxygen atoms in total. The summed E-state index contributed by atoms with van der Waals surface area (Å²) in [6.07, 6.45) is 4.18. The molecule has 0 aliphatic heterocycles. The Morgan fingerprint density at radius 3 is 2.59 bits per heavy atom. The van der Waals surface area contributed by atoms with Gasteiger partial charge in [-0.25, -0.2) is 0 Å². The molecule has 3 heteroatoms. The molecule has 0 aromatic heterocycles. The van der Waals surface area contributed by atoms with Gasteiger partial charge in [0.25, 0.3) is 0 Å². The zero-order valence-electron chi connectivity index (χ0n) is 9.80. The summed E-state index contributed by atoms with van der Waals surface area (Å²) in [6, 6.07) is 9.74. The van der Waals surface area contributed by atoms with Crippen molar-refractivity contribution < 1.29 is 9.84 Å². The molecule has 2 rings (SSSR count). The number of ether oxygens (including phenoxy) is 1. The van der Waals surface area contributed by atoms with E-state index in [1.165, 1.54) is 0 Å². The number of benzene rings is 1. The standard InChI is InChI=1S/C14H17NO2/c15-9-12-3-1-2-4-14(12)17-13-7-5-11(10-16)6-8-13/h5-8,12,14,16H,1-4,10H2. The Morgan fingerprint density at radius 2 is 1.94 bits per heavy atom. The first-order valence-electron chi connectivity index (χ1n) is 6.09. The molecule has 1 saturated carbocycles. The van der Waals surface area contributed by atoms with Crippen molar-refractivity contribution in [1.82, 2.24) is 0 Å². The maximum absolute atomic E-state index is 9.06. The molecule has 1 aromatic carbocycles. The number of nitrogens with zero attached hydrogens (tertiary/aromatic N) is 1. The van der Waals surface area contributed by atoms with E-state index in [2.05, 4.69) is 6.07 Å². The van der Waals surface area contributed by atoms with E-state index in [9.17, 15) is 0 Å². The van der Waals surface area contributed by atoms with Gasteiger partial charge in [-0.3, -0.25) is 0 Å². The van der Waals surface area contributed by atoms with Crippen LogP contribution in [0, 0.1) is 17.2 Å². The molecule has 1 aliphatic carbocycles. The van der Waals surface area contributed by atoms with Crippen LogP contribution < -0.4 is 4.74 Å². The van der Waals surface area contributed by atoms with Crippen LogP contribution in [0.5, 0.6) is 5.75 Å². The van der Waals surface area contributed by atoms with Crippen LogP contribution >= 0.6 is 0 Å². The lowest BCUT2D eigenvalue weighted by Crippen LogP contribution is -2.29. The molecule has 0 radical (unpaired) electrons. The lowest BCUT2D eigenvalue weighted by Gasteiger charge is -2.27. The molecule has 0 saturated heterocycles. The highest BCUT2D eigenvalue weighted by Gasteiger charge is 2.26. The highest BCUT2D eigenvalue weighted by molar-refractivity contribution is 5.27. The first-order chi connectivity index (χ1) is 8.33. The molecule has 17 heavy (non-hydrogen) atoms. The van der Waals surface area contributed by atoms with E-state index in [0.717, 1.165) is 37.0 Å². The fourth-order valence-corrected chi connectivity index (χ4v) is 2.23. The smallest absolute Gasteiger partial charge is 0.119 e. The molecular formula is C14H17NO2. The topological polar surface area (TPSA) is 53.2 Å². The van der Waals surface area contributed by atoms with Crippen LogP contribution in [0.4, 0.5) is 0 Å². The number of aliphatic hydroxyl groups is 1. The summed E-state index contributed by atoms with van der Waals surface area (Å²) in [5.41, 5.74) is 0.873. The molecule has 1 fully saturated rings. The normalized spacial score (nSPS) is 24.0. The van der Waals surface area contributed by atoms with Gasteiger partial charge in [-0.2, -0.15) is 5.26 Å². The maximum Gasteiger partial charge on any atom is 0.119 e. The Hall–Kier alpha value is -1.53. The molecule has 0 bridgehead atoms. The summed E-state index contributed by atoms with van der Waals surface area (Å²) in [4.78, 5) is 0. The van der Waals surface area contributed by atoms with Crippen LogP contribution in [0.2, 0.25) is 0 Å². The summed E-state index contributed by atoms with van der Waals surface area (Å²) in [5, 5.41) is 18.0. The average Bonchev–Trinajstić information content (AvgIpc) is 2.40. The zero-order chi connectivity index (χ0) is 12.1. The maximum atomic E-state index is 9.06. The van der Waals surface area contributed by atoms with Crippen molar-refractivity contribution in [3.63, 3.8) is 0 Å². The molecule has 2 atom stereocenters. The molecule has 0 spiro atoms. The first kappa shape index (κ1) is 11.9. The number of hydrogen-bond acceptors (Lipinski definition) is 3. The second-order valence-corrected chi connectivity index (χ2v) is 4.48. The monoisotopic (exact) mass is 231 g/mol. The SMILES string of the molecule is N#CC1CCCCC1Oc1ccc(CO)cc1. The molecule has 1 aliphatic rings. The molecule has 1 aromatic rings. The van der Waals surface area contributed by atoms with Crippen molar-refractivity contribution in [3.8, 4) is 11.8 Å². The summed E-state index contributed by atoms with van der Waals surface area (Å²) in [6.45, 7) is 0.0462. The predicted molar refractivity (Wildman–Crippen MR) is 64.4 cm³/mol. The van der Waals surface area contributed by atoms with Crippen LogP contribution in [0.15, 0.2) is 24.3 Å². The highest BCUT2D eigenvalue weighted by Crippen LogP contribution is 2.28. The van der Waals surface area contributed by atoms with Gasteiger partial charge in [0.2, 0.25) is 0 Å². The van der Waals surface area contributed by atoms with E-state index >= 15 is 0 Å². The van der Waals surface area contributed by atoms with Gasteiger partial charge >= 0.3 is 0 Å². The van der Waals surface area contributed by atoms with E-state index < -0.39 is 0 Å². The minimum absolute atomic E-state index is 0.0151. The van der Waals surface area contributed by atoms with Gasteiger partial charge in [0.15, 0.2) is 0 Å². The Morgan fingerprint density at radius 1 is 1.24 bits per heavy atom. The average molecular weight is 231 g/mol.